The van der Waals surface area contributed by atoms with Gasteiger partial charge in [-0.25, -0.2) is 4.98 Å². The molecule has 3 nitrogen and oxygen atoms in total. The third-order valence-corrected chi connectivity index (χ3v) is 2.43. The van der Waals surface area contributed by atoms with Crippen molar-refractivity contribution in [3.63, 3.8) is 0 Å². The topological polar surface area (TPSA) is 42.0 Å². The fourth-order valence-electron chi connectivity index (χ4n) is 1.13. The van der Waals surface area contributed by atoms with Gasteiger partial charge in [0, 0.05) is 10.9 Å². The van der Waals surface area contributed by atoms with E-state index in [0.29, 0.717) is 5.82 Å². The zero-order chi connectivity index (χ0) is 9.80. The van der Waals surface area contributed by atoms with Crippen molar-refractivity contribution in [1.82, 2.24) is 4.98 Å². The predicted molar refractivity (Wildman–Crippen MR) is 56.9 cm³/mol. The Hall–Kier alpha value is -1.68. The molecule has 0 unspecified atom stereocenters. The molecular weight excluding hydrogens is 196 g/mol. The zero-order valence-electron chi connectivity index (χ0n) is 7.23. The Balaban J connectivity index is 2.35. The minimum Gasteiger partial charge on any atom is -0.302 e. The first-order valence-corrected chi connectivity index (χ1v) is 4.97. The largest absolute Gasteiger partial charge is 0.315 e. The maximum atomic E-state index is 10.1. The molecule has 0 saturated heterocycles. The summed E-state index contributed by atoms with van der Waals surface area (Å²) in [5.74, 6) is 0.517. The standard InChI is InChI=1S/C10H7N2OS/c13-7-11-10-3-1-2-9(12-10)8-4-5-14-6-8/h1-6H,(H,11,12,13). The van der Waals surface area contributed by atoms with E-state index in [1.54, 1.807) is 23.8 Å². The van der Waals surface area contributed by atoms with Crippen molar-refractivity contribution >= 4 is 23.6 Å². The predicted octanol–water partition coefficient (Wildman–Crippen LogP) is 2.29. The van der Waals surface area contributed by atoms with Crippen LogP contribution in [0, 0.1) is 0 Å². The van der Waals surface area contributed by atoms with Crippen LogP contribution in [0.15, 0.2) is 35.0 Å². The van der Waals surface area contributed by atoms with Gasteiger partial charge in [-0.2, -0.15) is 11.3 Å². The maximum Gasteiger partial charge on any atom is 0.315 e. The number of hydrogen-bond donors (Lipinski definition) is 1. The van der Waals surface area contributed by atoms with E-state index in [0.717, 1.165) is 11.3 Å². The molecule has 0 fully saturated rings. The van der Waals surface area contributed by atoms with Crippen LogP contribution in [0.2, 0.25) is 0 Å². The fraction of sp³-hybridized carbons (Fsp3) is 0. The molecule has 2 heterocycles. The van der Waals surface area contributed by atoms with Gasteiger partial charge in [-0.05, 0) is 23.6 Å². The molecule has 0 spiro atoms. The van der Waals surface area contributed by atoms with Crippen LogP contribution in [-0.4, -0.2) is 11.4 Å². The highest BCUT2D eigenvalue weighted by Gasteiger charge is 2.00. The number of carbonyl (C=O) groups excluding carboxylic acids is 1. The van der Waals surface area contributed by atoms with Gasteiger partial charge in [0.15, 0.2) is 0 Å². The van der Waals surface area contributed by atoms with Gasteiger partial charge in [0.25, 0.3) is 0 Å². The summed E-state index contributed by atoms with van der Waals surface area (Å²) in [6.45, 7) is 0. The Morgan fingerprint density at radius 1 is 1.36 bits per heavy atom. The zero-order valence-corrected chi connectivity index (χ0v) is 8.04. The molecule has 1 N–H and O–H groups in total. The average molecular weight is 203 g/mol. The number of rotatable bonds is 3. The molecule has 2 rings (SSSR count). The summed E-state index contributed by atoms with van der Waals surface area (Å²) >= 11 is 1.62. The van der Waals surface area contributed by atoms with Gasteiger partial charge in [-0.15, -0.1) is 0 Å². The molecule has 1 radical (unpaired) electrons. The van der Waals surface area contributed by atoms with E-state index in [4.69, 9.17) is 0 Å². The molecule has 14 heavy (non-hydrogen) atoms. The molecule has 2 aromatic heterocycles. The lowest BCUT2D eigenvalue weighted by Crippen LogP contribution is -1.96. The number of nitrogens with zero attached hydrogens (tertiary/aromatic N) is 1. The number of anilines is 1. The van der Waals surface area contributed by atoms with Crippen LogP contribution < -0.4 is 5.32 Å². The molecule has 69 valence electrons. The highest BCUT2D eigenvalue weighted by Crippen LogP contribution is 2.20. The monoisotopic (exact) mass is 203 g/mol. The third kappa shape index (κ3) is 1.80. The second-order valence-corrected chi connectivity index (χ2v) is 3.43. The van der Waals surface area contributed by atoms with Crippen LogP contribution in [0.3, 0.4) is 0 Å². The van der Waals surface area contributed by atoms with Crippen molar-refractivity contribution < 1.29 is 4.79 Å². The second kappa shape index (κ2) is 4.02. The van der Waals surface area contributed by atoms with Gasteiger partial charge in [-0.1, -0.05) is 6.07 Å². The first-order chi connectivity index (χ1) is 6.90. The minimum atomic E-state index is 0.517. The molecule has 0 aliphatic heterocycles. The molecular formula is C10H7N2OS. The Kier molecular flexibility index (Phi) is 2.55. The number of aromatic nitrogens is 1. The molecule has 0 aliphatic carbocycles. The summed E-state index contributed by atoms with van der Waals surface area (Å²) in [6, 6.07) is 7.46. The van der Waals surface area contributed by atoms with E-state index in [2.05, 4.69) is 10.3 Å². The number of amides is 1. The third-order valence-electron chi connectivity index (χ3n) is 1.75. The first-order valence-electron chi connectivity index (χ1n) is 4.03. The van der Waals surface area contributed by atoms with Crippen molar-refractivity contribution in [3.05, 3.63) is 35.0 Å². The Morgan fingerprint density at radius 2 is 2.29 bits per heavy atom. The Labute approximate surface area is 85.4 Å². The van der Waals surface area contributed by atoms with Crippen LogP contribution in [0.4, 0.5) is 5.82 Å². The highest BCUT2D eigenvalue weighted by molar-refractivity contribution is 7.08. The quantitative estimate of drug-likeness (QED) is 0.777. The van der Waals surface area contributed by atoms with Gasteiger partial charge in [0.05, 0.1) is 5.69 Å². The number of pyridine rings is 1. The lowest BCUT2D eigenvalue weighted by Gasteiger charge is -1.99. The van der Waals surface area contributed by atoms with Crippen molar-refractivity contribution in [1.29, 1.82) is 0 Å². The molecule has 2 aromatic rings. The molecule has 0 saturated carbocycles. The molecule has 4 heteroatoms. The van der Waals surface area contributed by atoms with Crippen molar-refractivity contribution in [2.75, 3.05) is 5.32 Å². The molecule has 0 bridgehead atoms. The van der Waals surface area contributed by atoms with Gasteiger partial charge in [0.2, 0.25) is 0 Å². The molecule has 0 aromatic carbocycles. The lowest BCUT2D eigenvalue weighted by atomic mass is 10.2. The number of thiophene rings is 1. The SMILES string of the molecule is O=[C]Nc1cccc(-c2ccsc2)n1. The summed E-state index contributed by atoms with van der Waals surface area (Å²) in [5, 5.41) is 6.40. The lowest BCUT2D eigenvalue weighted by molar-refractivity contribution is 0.561. The number of hydrogen-bond acceptors (Lipinski definition) is 3. The van der Waals surface area contributed by atoms with Gasteiger partial charge < -0.3 is 5.32 Å². The Morgan fingerprint density at radius 3 is 3.00 bits per heavy atom. The van der Waals surface area contributed by atoms with Crippen molar-refractivity contribution in [3.8, 4) is 11.3 Å². The van der Waals surface area contributed by atoms with Crippen LogP contribution in [0.1, 0.15) is 0 Å². The molecule has 0 atom stereocenters. The summed E-state index contributed by atoms with van der Waals surface area (Å²) in [5.41, 5.74) is 1.91. The van der Waals surface area contributed by atoms with E-state index in [-0.39, 0.29) is 0 Å². The van der Waals surface area contributed by atoms with Crippen LogP contribution in [-0.2, 0) is 4.79 Å². The highest BCUT2D eigenvalue weighted by atomic mass is 32.1. The minimum absolute atomic E-state index is 0.517. The van der Waals surface area contributed by atoms with Gasteiger partial charge >= 0.3 is 6.41 Å². The normalized spacial score (nSPS) is 9.71. The summed E-state index contributed by atoms with van der Waals surface area (Å²) in [6.07, 6.45) is 1.60. The van der Waals surface area contributed by atoms with E-state index in [1.165, 1.54) is 0 Å². The Bertz CT molecular complexity index is 425. The second-order valence-electron chi connectivity index (χ2n) is 2.65. The molecule has 0 aliphatic rings. The smallest absolute Gasteiger partial charge is 0.302 e. The van der Waals surface area contributed by atoms with E-state index >= 15 is 0 Å². The molecule has 1 amide bonds. The summed E-state index contributed by atoms with van der Waals surface area (Å²) < 4.78 is 0. The van der Waals surface area contributed by atoms with E-state index in [9.17, 15) is 4.79 Å². The van der Waals surface area contributed by atoms with Crippen LogP contribution >= 0.6 is 11.3 Å². The average Bonchev–Trinajstić information content (AvgIpc) is 2.71. The van der Waals surface area contributed by atoms with Crippen LogP contribution in [0.25, 0.3) is 11.3 Å². The summed E-state index contributed by atoms with van der Waals surface area (Å²) in [4.78, 5) is 14.3. The first kappa shape index (κ1) is 8.90. The van der Waals surface area contributed by atoms with Crippen molar-refractivity contribution in [2.45, 2.75) is 0 Å². The fourth-order valence-corrected chi connectivity index (χ4v) is 1.78. The summed E-state index contributed by atoms with van der Waals surface area (Å²) in [7, 11) is 0. The van der Waals surface area contributed by atoms with Crippen LogP contribution in [0.5, 0.6) is 0 Å². The van der Waals surface area contributed by atoms with Gasteiger partial charge in [-0.3, -0.25) is 4.79 Å². The number of nitrogens with one attached hydrogen (secondary N) is 1. The van der Waals surface area contributed by atoms with Gasteiger partial charge in [0.1, 0.15) is 5.82 Å². The van der Waals surface area contributed by atoms with E-state index in [1.807, 2.05) is 29.0 Å². The van der Waals surface area contributed by atoms with Crippen molar-refractivity contribution in [2.24, 2.45) is 0 Å². The maximum absolute atomic E-state index is 10.1. The van der Waals surface area contributed by atoms with E-state index < -0.39 is 0 Å².